The van der Waals surface area contributed by atoms with Crippen LogP contribution in [0.4, 0.5) is 0 Å². The fourth-order valence-corrected chi connectivity index (χ4v) is 4.05. The molecule has 2 aliphatic heterocycles. The number of nitrogens with one attached hydrogen (secondary N) is 3. The number of hydrazine groups is 1. The van der Waals surface area contributed by atoms with E-state index in [1.165, 1.54) is 0 Å². The van der Waals surface area contributed by atoms with Crippen LogP contribution in [0.5, 0.6) is 0 Å². The van der Waals surface area contributed by atoms with E-state index in [2.05, 4.69) is 26.1 Å². The molecule has 0 spiro atoms. The molecule has 2 saturated heterocycles. The van der Waals surface area contributed by atoms with Crippen LogP contribution in [-0.2, 0) is 4.79 Å². The van der Waals surface area contributed by atoms with Crippen molar-refractivity contribution in [2.75, 3.05) is 0 Å². The van der Waals surface area contributed by atoms with Crippen molar-refractivity contribution < 1.29 is 4.79 Å². The van der Waals surface area contributed by atoms with E-state index in [-0.39, 0.29) is 30.0 Å². The van der Waals surface area contributed by atoms with Crippen LogP contribution >= 0.6 is 0 Å². The summed E-state index contributed by atoms with van der Waals surface area (Å²) < 4.78 is 0. The Morgan fingerprint density at radius 3 is 2.73 bits per heavy atom. The maximum Gasteiger partial charge on any atom is 0.221 e. The third-order valence-electron chi connectivity index (χ3n) is 5.24. The van der Waals surface area contributed by atoms with Gasteiger partial charge in [-0.2, -0.15) is 0 Å². The molecule has 0 saturated carbocycles. The molecule has 2 aromatic heterocycles. The lowest BCUT2D eigenvalue weighted by Gasteiger charge is -2.35. The number of fused-ring (bicyclic) bond motifs is 2. The summed E-state index contributed by atoms with van der Waals surface area (Å²) in [7, 11) is 0. The first-order valence-electron chi connectivity index (χ1n) is 8.71. The molecule has 26 heavy (non-hydrogen) atoms. The molecule has 2 aliphatic rings. The molecule has 0 aliphatic carbocycles. The molecule has 0 radical (unpaired) electrons. The molecule has 4 atom stereocenters. The Morgan fingerprint density at radius 1 is 1.00 bits per heavy atom. The number of pyridine rings is 1. The number of amides is 1. The van der Waals surface area contributed by atoms with E-state index in [1.54, 1.807) is 12.4 Å². The van der Waals surface area contributed by atoms with Crippen LogP contribution in [0, 0.1) is 5.92 Å². The molecule has 4 heterocycles. The number of para-hydroxylation sites is 2. The number of hydrogen-bond acceptors (Lipinski definition) is 6. The van der Waals surface area contributed by atoms with Gasteiger partial charge in [0.2, 0.25) is 5.91 Å². The third kappa shape index (κ3) is 2.53. The first-order chi connectivity index (χ1) is 12.8. The normalized spacial score (nSPS) is 27.9. The minimum absolute atomic E-state index is 0.0207. The fourth-order valence-electron chi connectivity index (χ4n) is 4.05. The predicted octanol–water partition coefficient (Wildman–Crippen LogP) is 1.42. The first kappa shape index (κ1) is 15.4. The van der Waals surface area contributed by atoms with E-state index in [9.17, 15) is 4.79 Å². The maximum atomic E-state index is 12.3. The van der Waals surface area contributed by atoms with Gasteiger partial charge in [0, 0.05) is 36.8 Å². The molecule has 1 aromatic carbocycles. The number of nitrogens with zero attached hydrogens (tertiary/aromatic N) is 3. The van der Waals surface area contributed by atoms with Crippen molar-refractivity contribution in [2.24, 2.45) is 5.92 Å². The molecular weight excluding hydrogens is 328 g/mol. The Kier molecular flexibility index (Phi) is 3.62. The van der Waals surface area contributed by atoms with Crippen molar-refractivity contribution in [3.05, 3.63) is 66.2 Å². The molecule has 5 rings (SSSR count). The van der Waals surface area contributed by atoms with E-state index in [4.69, 9.17) is 4.98 Å². The molecule has 0 bridgehead atoms. The van der Waals surface area contributed by atoms with Gasteiger partial charge in [0.15, 0.2) is 0 Å². The number of hydrogen-bond donors (Lipinski definition) is 3. The summed E-state index contributed by atoms with van der Waals surface area (Å²) in [6.45, 7) is 0. The summed E-state index contributed by atoms with van der Waals surface area (Å²) in [4.78, 5) is 25.8. The number of piperidine rings is 1. The van der Waals surface area contributed by atoms with Gasteiger partial charge in [-0.25, -0.2) is 15.8 Å². The predicted molar refractivity (Wildman–Crippen MR) is 95.6 cm³/mol. The Labute approximate surface area is 150 Å². The highest BCUT2D eigenvalue weighted by Gasteiger charge is 2.47. The van der Waals surface area contributed by atoms with E-state index in [0.29, 0.717) is 6.42 Å². The fraction of sp³-hybridized carbons (Fsp3) is 0.263. The SMILES string of the molecule is O=C1CC(c2cnc3ccccc3n2)C2C(NNC2c2cccnc2)N1. The van der Waals surface area contributed by atoms with Gasteiger partial charge in [-0.05, 0) is 23.8 Å². The number of rotatable bonds is 2. The van der Waals surface area contributed by atoms with Gasteiger partial charge in [0.05, 0.1) is 28.9 Å². The maximum absolute atomic E-state index is 12.3. The topological polar surface area (TPSA) is 91.8 Å². The van der Waals surface area contributed by atoms with Gasteiger partial charge in [0.1, 0.15) is 0 Å². The molecule has 130 valence electrons. The molecule has 4 unspecified atom stereocenters. The smallest absolute Gasteiger partial charge is 0.221 e. The van der Waals surface area contributed by atoms with Crippen molar-refractivity contribution in [1.29, 1.82) is 0 Å². The summed E-state index contributed by atoms with van der Waals surface area (Å²) in [5.74, 6) is 0.110. The van der Waals surface area contributed by atoms with Gasteiger partial charge < -0.3 is 5.32 Å². The lowest BCUT2D eigenvalue weighted by atomic mass is 9.76. The van der Waals surface area contributed by atoms with E-state index in [0.717, 1.165) is 22.3 Å². The monoisotopic (exact) mass is 346 g/mol. The minimum atomic E-state index is -0.153. The van der Waals surface area contributed by atoms with Gasteiger partial charge in [0.25, 0.3) is 0 Å². The summed E-state index contributed by atoms with van der Waals surface area (Å²) in [6.07, 6.45) is 5.68. The average molecular weight is 346 g/mol. The van der Waals surface area contributed by atoms with Crippen LogP contribution in [0.25, 0.3) is 11.0 Å². The van der Waals surface area contributed by atoms with E-state index in [1.807, 2.05) is 42.6 Å². The Bertz CT molecular complexity index is 962. The average Bonchev–Trinajstić information content (AvgIpc) is 3.11. The highest BCUT2D eigenvalue weighted by atomic mass is 16.2. The minimum Gasteiger partial charge on any atom is -0.339 e. The molecule has 3 aromatic rings. The molecule has 7 heteroatoms. The Hall–Kier alpha value is -2.90. The van der Waals surface area contributed by atoms with Gasteiger partial charge in [-0.3, -0.25) is 14.8 Å². The molecular formula is C19H18N6O. The van der Waals surface area contributed by atoms with Gasteiger partial charge in [-0.1, -0.05) is 18.2 Å². The van der Waals surface area contributed by atoms with Crippen molar-refractivity contribution in [2.45, 2.75) is 24.5 Å². The number of benzene rings is 1. The van der Waals surface area contributed by atoms with Gasteiger partial charge >= 0.3 is 0 Å². The summed E-state index contributed by atoms with van der Waals surface area (Å²) in [5.41, 5.74) is 10.2. The number of carbonyl (C=O) groups excluding carboxylic acids is 1. The molecule has 2 fully saturated rings. The highest BCUT2D eigenvalue weighted by molar-refractivity contribution is 5.79. The van der Waals surface area contributed by atoms with Crippen LogP contribution in [0.2, 0.25) is 0 Å². The second kappa shape index (κ2) is 6.12. The zero-order valence-electron chi connectivity index (χ0n) is 14.0. The number of aromatic nitrogens is 3. The highest BCUT2D eigenvalue weighted by Crippen LogP contribution is 2.42. The van der Waals surface area contributed by atoms with Crippen molar-refractivity contribution in [1.82, 2.24) is 31.1 Å². The zero-order chi connectivity index (χ0) is 17.5. The molecule has 1 amide bonds. The first-order valence-corrected chi connectivity index (χ1v) is 8.71. The lowest BCUT2D eigenvalue weighted by molar-refractivity contribution is -0.125. The van der Waals surface area contributed by atoms with Crippen LogP contribution in [-0.4, -0.2) is 27.0 Å². The lowest BCUT2D eigenvalue weighted by Crippen LogP contribution is -2.52. The summed E-state index contributed by atoms with van der Waals surface area (Å²) in [6, 6.07) is 11.8. The summed E-state index contributed by atoms with van der Waals surface area (Å²) >= 11 is 0. The van der Waals surface area contributed by atoms with Gasteiger partial charge in [-0.15, -0.1) is 0 Å². The van der Waals surface area contributed by atoms with Crippen LogP contribution < -0.4 is 16.2 Å². The van der Waals surface area contributed by atoms with Crippen LogP contribution in [0.1, 0.15) is 29.6 Å². The largest absolute Gasteiger partial charge is 0.339 e. The number of carbonyl (C=O) groups is 1. The van der Waals surface area contributed by atoms with Crippen molar-refractivity contribution >= 4 is 16.9 Å². The Morgan fingerprint density at radius 2 is 1.88 bits per heavy atom. The van der Waals surface area contributed by atoms with E-state index < -0.39 is 0 Å². The van der Waals surface area contributed by atoms with Crippen molar-refractivity contribution in [3.63, 3.8) is 0 Å². The van der Waals surface area contributed by atoms with Crippen LogP contribution in [0.15, 0.2) is 55.0 Å². The van der Waals surface area contributed by atoms with E-state index >= 15 is 0 Å². The zero-order valence-corrected chi connectivity index (χ0v) is 14.0. The Balaban J connectivity index is 1.57. The molecule has 7 nitrogen and oxygen atoms in total. The standard InChI is InChI=1S/C19H18N6O/c26-16-8-12(15-10-21-13-5-1-2-6-14(13)22-15)17-18(24-25-19(17)23-16)11-4-3-7-20-9-11/h1-7,9-10,12,17-19,24-25H,8H2,(H,23,26). The van der Waals surface area contributed by atoms with Crippen LogP contribution in [0.3, 0.4) is 0 Å². The summed E-state index contributed by atoms with van der Waals surface area (Å²) in [5, 5.41) is 3.03. The quantitative estimate of drug-likeness (QED) is 0.650. The second-order valence-electron chi connectivity index (χ2n) is 6.77. The second-order valence-corrected chi connectivity index (χ2v) is 6.77. The van der Waals surface area contributed by atoms with Crippen molar-refractivity contribution in [3.8, 4) is 0 Å². The third-order valence-corrected chi connectivity index (χ3v) is 5.24. The molecule has 3 N–H and O–H groups in total.